The van der Waals surface area contributed by atoms with E-state index in [0.717, 1.165) is 16.0 Å². The van der Waals surface area contributed by atoms with Crippen molar-refractivity contribution in [2.75, 3.05) is 13.4 Å². The molecule has 0 aliphatic carbocycles. The number of halogens is 1. The Morgan fingerprint density at radius 3 is 2.32 bits per heavy atom. The molecule has 0 bridgehead atoms. The highest BCUT2D eigenvalue weighted by atomic mass is 35.5. The van der Waals surface area contributed by atoms with Crippen LogP contribution >= 0.6 is 23.4 Å². The largest absolute Gasteiger partial charge is 0.495 e. The van der Waals surface area contributed by atoms with E-state index in [9.17, 15) is 13.2 Å². The predicted octanol–water partition coefficient (Wildman–Crippen LogP) is 4.84. The van der Waals surface area contributed by atoms with Gasteiger partial charge < -0.3 is 10.1 Å². The summed E-state index contributed by atoms with van der Waals surface area (Å²) in [6, 6.07) is 20.0. The van der Waals surface area contributed by atoms with Crippen LogP contribution in [0.5, 0.6) is 5.75 Å². The van der Waals surface area contributed by atoms with Crippen LogP contribution in [0, 0.1) is 0 Å². The zero-order valence-electron chi connectivity index (χ0n) is 19.1. The fourth-order valence-corrected chi connectivity index (χ4v) is 5.35. The third kappa shape index (κ3) is 6.76. The minimum Gasteiger partial charge on any atom is -0.495 e. The maximum absolute atomic E-state index is 13.2. The van der Waals surface area contributed by atoms with Gasteiger partial charge in [-0.1, -0.05) is 54.1 Å². The van der Waals surface area contributed by atoms with E-state index in [1.165, 1.54) is 25.3 Å². The second-order valence-corrected chi connectivity index (χ2v) is 10.7. The molecular formula is C25H27ClN2O4S2. The van der Waals surface area contributed by atoms with Crippen LogP contribution in [-0.2, 0) is 21.2 Å². The monoisotopic (exact) mass is 518 g/mol. The van der Waals surface area contributed by atoms with E-state index >= 15 is 0 Å². The molecule has 0 fully saturated rings. The van der Waals surface area contributed by atoms with Gasteiger partial charge in [-0.05, 0) is 61.1 Å². The number of amides is 1. The Kier molecular flexibility index (Phi) is 9.02. The lowest BCUT2D eigenvalue weighted by atomic mass is 10.0. The third-order valence-corrected chi connectivity index (χ3v) is 7.81. The first-order valence-corrected chi connectivity index (χ1v) is 13.7. The summed E-state index contributed by atoms with van der Waals surface area (Å²) < 4.78 is 33.9. The van der Waals surface area contributed by atoms with Crippen molar-refractivity contribution >= 4 is 39.3 Å². The molecule has 0 aromatic heterocycles. The lowest BCUT2D eigenvalue weighted by molar-refractivity contribution is -0.123. The molecule has 2 N–H and O–H groups in total. The van der Waals surface area contributed by atoms with E-state index in [2.05, 4.69) is 10.0 Å². The minimum atomic E-state index is -4.04. The van der Waals surface area contributed by atoms with Gasteiger partial charge in [0.2, 0.25) is 15.9 Å². The Morgan fingerprint density at radius 1 is 1.06 bits per heavy atom. The van der Waals surface area contributed by atoms with Gasteiger partial charge in [0, 0.05) is 4.90 Å². The van der Waals surface area contributed by atoms with Gasteiger partial charge in [0.25, 0.3) is 0 Å². The summed E-state index contributed by atoms with van der Waals surface area (Å²) in [5.41, 5.74) is 1.75. The molecule has 0 unspecified atom stereocenters. The van der Waals surface area contributed by atoms with Crippen LogP contribution < -0.4 is 14.8 Å². The van der Waals surface area contributed by atoms with E-state index in [4.69, 9.17) is 16.3 Å². The molecule has 3 rings (SSSR count). The Morgan fingerprint density at radius 2 is 1.74 bits per heavy atom. The number of ether oxygens (including phenoxy) is 1. The fourth-order valence-electron chi connectivity index (χ4n) is 3.40. The van der Waals surface area contributed by atoms with Crippen molar-refractivity contribution in [2.24, 2.45) is 0 Å². The molecule has 0 radical (unpaired) electrons. The molecule has 6 nitrogen and oxygen atoms in total. The van der Waals surface area contributed by atoms with E-state index in [0.29, 0.717) is 5.75 Å². The number of carbonyl (C=O) groups excluding carboxylic acids is 1. The maximum Gasteiger partial charge on any atom is 0.241 e. The molecule has 0 aliphatic heterocycles. The van der Waals surface area contributed by atoms with Crippen LogP contribution in [-0.4, -0.2) is 33.7 Å². The Labute approximate surface area is 210 Å². The van der Waals surface area contributed by atoms with Gasteiger partial charge >= 0.3 is 0 Å². The number of nitrogens with one attached hydrogen (secondary N) is 2. The first kappa shape index (κ1) is 26.1. The van der Waals surface area contributed by atoms with Crippen LogP contribution in [0.25, 0.3) is 0 Å². The van der Waals surface area contributed by atoms with E-state index in [1.807, 2.05) is 67.8 Å². The highest BCUT2D eigenvalue weighted by molar-refractivity contribution is 7.98. The van der Waals surface area contributed by atoms with Crippen molar-refractivity contribution in [3.63, 3.8) is 0 Å². The van der Waals surface area contributed by atoms with Gasteiger partial charge in [-0.15, -0.1) is 11.8 Å². The topological polar surface area (TPSA) is 84.5 Å². The Bertz CT molecular complexity index is 1220. The smallest absolute Gasteiger partial charge is 0.241 e. The first-order valence-electron chi connectivity index (χ1n) is 10.6. The summed E-state index contributed by atoms with van der Waals surface area (Å²) in [7, 11) is -2.59. The van der Waals surface area contributed by atoms with Crippen molar-refractivity contribution in [1.82, 2.24) is 10.0 Å². The summed E-state index contributed by atoms with van der Waals surface area (Å²) in [5, 5.41) is 3.10. The number of methoxy groups -OCH3 is 1. The normalized spacial score (nSPS) is 13.2. The van der Waals surface area contributed by atoms with Crippen molar-refractivity contribution in [3.05, 3.63) is 88.9 Å². The molecular weight excluding hydrogens is 492 g/mol. The van der Waals surface area contributed by atoms with Gasteiger partial charge in [-0.2, -0.15) is 4.72 Å². The standard InChI is InChI=1S/C25H27ClN2O4S2/c1-17(19-9-11-20(33-3)12-10-19)27-25(29)23(15-18-7-5-4-6-8-18)28-34(30,31)21-13-14-24(32-2)22(26)16-21/h4-14,16-17,23,28H,15H2,1-3H3,(H,27,29)/t17-,23+/m0/s1. The van der Waals surface area contributed by atoms with E-state index in [1.54, 1.807) is 11.8 Å². The van der Waals surface area contributed by atoms with Gasteiger partial charge in [0.05, 0.1) is 23.1 Å². The van der Waals surface area contributed by atoms with Gasteiger partial charge in [-0.3, -0.25) is 4.79 Å². The quantitative estimate of drug-likeness (QED) is 0.375. The molecule has 0 spiro atoms. The zero-order valence-corrected chi connectivity index (χ0v) is 21.5. The zero-order chi connectivity index (χ0) is 24.7. The summed E-state index contributed by atoms with van der Waals surface area (Å²) in [5.74, 6) is -0.0611. The van der Waals surface area contributed by atoms with Crippen LogP contribution in [0.4, 0.5) is 0 Å². The number of hydrogen-bond donors (Lipinski definition) is 2. The lowest BCUT2D eigenvalue weighted by Gasteiger charge is -2.22. The number of rotatable bonds is 10. The SMILES string of the molecule is COc1ccc(S(=O)(=O)N[C@H](Cc2ccccc2)C(=O)N[C@@H](C)c2ccc(SC)cc2)cc1Cl. The molecule has 1 amide bonds. The summed E-state index contributed by atoms with van der Waals surface area (Å²) in [4.78, 5) is 14.3. The minimum absolute atomic E-state index is 0.0511. The molecule has 180 valence electrons. The number of thioether (sulfide) groups is 1. The van der Waals surface area contributed by atoms with E-state index < -0.39 is 22.0 Å². The Hall–Kier alpha value is -2.52. The van der Waals surface area contributed by atoms with Crippen LogP contribution in [0.2, 0.25) is 5.02 Å². The summed E-state index contributed by atoms with van der Waals surface area (Å²) >= 11 is 7.76. The molecule has 0 aliphatic rings. The predicted molar refractivity (Wildman–Crippen MR) is 137 cm³/mol. The van der Waals surface area contributed by atoms with Crippen LogP contribution in [0.3, 0.4) is 0 Å². The average Bonchev–Trinajstić information content (AvgIpc) is 2.84. The molecule has 3 aromatic carbocycles. The summed E-state index contributed by atoms with van der Waals surface area (Å²) in [6.45, 7) is 1.86. The second-order valence-electron chi connectivity index (χ2n) is 7.66. The maximum atomic E-state index is 13.2. The summed E-state index contributed by atoms with van der Waals surface area (Å²) in [6.07, 6.45) is 2.18. The van der Waals surface area contributed by atoms with Gasteiger partial charge in [0.15, 0.2) is 0 Å². The number of hydrogen-bond acceptors (Lipinski definition) is 5. The number of benzene rings is 3. The molecule has 0 saturated heterocycles. The van der Waals surface area contributed by atoms with Crippen LogP contribution in [0.1, 0.15) is 24.1 Å². The number of carbonyl (C=O) groups is 1. The van der Waals surface area contributed by atoms with Gasteiger partial charge in [-0.25, -0.2) is 8.42 Å². The van der Waals surface area contributed by atoms with Gasteiger partial charge in [0.1, 0.15) is 11.8 Å². The molecule has 3 aromatic rings. The van der Waals surface area contributed by atoms with Crippen molar-refractivity contribution in [1.29, 1.82) is 0 Å². The lowest BCUT2D eigenvalue weighted by Crippen LogP contribution is -2.48. The second kappa shape index (κ2) is 11.8. The fraction of sp³-hybridized carbons (Fsp3) is 0.240. The highest BCUT2D eigenvalue weighted by Gasteiger charge is 2.27. The molecule has 34 heavy (non-hydrogen) atoms. The van der Waals surface area contributed by atoms with Crippen LogP contribution in [0.15, 0.2) is 82.6 Å². The van der Waals surface area contributed by atoms with Crippen molar-refractivity contribution in [3.8, 4) is 5.75 Å². The third-order valence-electron chi connectivity index (χ3n) is 5.30. The molecule has 0 saturated carbocycles. The first-order chi connectivity index (χ1) is 16.2. The van der Waals surface area contributed by atoms with E-state index in [-0.39, 0.29) is 22.4 Å². The average molecular weight is 519 g/mol. The highest BCUT2D eigenvalue weighted by Crippen LogP contribution is 2.27. The molecule has 2 atom stereocenters. The molecule has 9 heteroatoms. The Balaban J connectivity index is 1.83. The van der Waals surface area contributed by atoms with Crippen molar-refractivity contribution in [2.45, 2.75) is 35.2 Å². The molecule has 0 heterocycles. The van der Waals surface area contributed by atoms with Crippen molar-refractivity contribution < 1.29 is 17.9 Å². The number of sulfonamides is 1.